The van der Waals surface area contributed by atoms with Crippen molar-refractivity contribution in [3.8, 4) is 0 Å². The topological polar surface area (TPSA) is 104 Å². The molecule has 0 saturated carbocycles. The third kappa shape index (κ3) is 4.37. The fraction of sp³-hybridized carbons (Fsp3) is 0.111. The van der Waals surface area contributed by atoms with E-state index >= 15 is 0 Å². The van der Waals surface area contributed by atoms with E-state index in [0.29, 0.717) is 16.7 Å². The molecular formula is C18H16BrClN4O3S. The second kappa shape index (κ2) is 8.34. The van der Waals surface area contributed by atoms with Crippen LogP contribution in [0.2, 0.25) is 5.02 Å². The molecule has 0 fully saturated rings. The largest absolute Gasteiger partial charge is 0.304 e. The monoisotopic (exact) mass is 482 g/mol. The van der Waals surface area contributed by atoms with Crippen molar-refractivity contribution in [3.63, 3.8) is 0 Å². The van der Waals surface area contributed by atoms with Gasteiger partial charge in [-0.05, 0) is 52.7 Å². The highest BCUT2D eigenvalue weighted by molar-refractivity contribution is 9.10. The molecule has 2 aromatic carbocycles. The number of carbonyl (C=O) groups excluding carboxylic acids is 1. The Kier molecular flexibility index (Phi) is 6.07. The van der Waals surface area contributed by atoms with E-state index in [0.717, 1.165) is 5.69 Å². The van der Waals surface area contributed by atoms with Crippen LogP contribution in [0.5, 0.6) is 0 Å². The lowest BCUT2D eigenvalue weighted by Crippen LogP contribution is -2.19. The van der Waals surface area contributed by atoms with E-state index in [-0.39, 0.29) is 21.2 Å². The molecule has 0 aliphatic heterocycles. The number of sulfonamides is 1. The van der Waals surface area contributed by atoms with Gasteiger partial charge in [-0.2, -0.15) is 5.10 Å². The molecule has 3 rings (SSSR count). The number of amides is 1. The van der Waals surface area contributed by atoms with Gasteiger partial charge in [0, 0.05) is 5.02 Å². The Hall–Kier alpha value is -2.36. The van der Waals surface area contributed by atoms with E-state index in [1.54, 1.807) is 18.2 Å². The number of benzene rings is 2. The molecule has 0 spiro atoms. The first-order valence-electron chi connectivity index (χ1n) is 8.23. The van der Waals surface area contributed by atoms with E-state index in [1.807, 2.05) is 6.92 Å². The number of rotatable bonds is 6. The zero-order valence-corrected chi connectivity index (χ0v) is 17.8. The standard InChI is InChI=1S/C18H16BrClN4O3S/c1-2-14-16(19)17(23-22-14)21-18(25)13-9-8-11(20)10-15(13)24-28(26,27)12-6-4-3-5-7-12/h3-10,24H,2H2,1H3,(H2,21,22,23,25). The smallest absolute Gasteiger partial charge is 0.261 e. The second-order valence-corrected chi connectivity index (χ2v) is 8.69. The fourth-order valence-corrected chi connectivity index (χ4v) is 4.28. The molecule has 1 aromatic heterocycles. The number of aromatic amines is 1. The Morgan fingerprint density at radius 1 is 1.21 bits per heavy atom. The summed E-state index contributed by atoms with van der Waals surface area (Å²) in [5.41, 5.74) is 1.00. The highest BCUT2D eigenvalue weighted by Crippen LogP contribution is 2.28. The normalized spacial score (nSPS) is 11.2. The van der Waals surface area contributed by atoms with Gasteiger partial charge in [-0.1, -0.05) is 36.7 Å². The fourth-order valence-electron chi connectivity index (χ4n) is 2.46. The quantitative estimate of drug-likeness (QED) is 0.482. The molecule has 0 atom stereocenters. The van der Waals surface area contributed by atoms with E-state index in [4.69, 9.17) is 11.6 Å². The summed E-state index contributed by atoms with van der Waals surface area (Å²) in [6, 6.07) is 12.2. The van der Waals surface area contributed by atoms with Crippen LogP contribution in [0.4, 0.5) is 11.5 Å². The molecule has 0 saturated heterocycles. The Labute approximate surface area is 175 Å². The van der Waals surface area contributed by atoms with Gasteiger partial charge in [0.05, 0.1) is 26.3 Å². The van der Waals surface area contributed by atoms with Crippen molar-refractivity contribution in [1.82, 2.24) is 10.2 Å². The number of nitrogens with one attached hydrogen (secondary N) is 3. The summed E-state index contributed by atoms with van der Waals surface area (Å²) < 4.78 is 28.3. The van der Waals surface area contributed by atoms with Gasteiger partial charge in [0.15, 0.2) is 5.82 Å². The van der Waals surface area contributed by atoms with Crippen molar-refractivity contribution in [2.75, 3.05) is 10.0 Å². The average molecular weight is 484 g/mol. The van der Waals surface area contributed by atoms with Crippen LogP contribution in [-0.4, -0.2) is 24.5 Å². The van der Waals surface area contributed by atoms with Gasteiger partial charge >= 0.3 is 0 Å². The van der Waals surface area contributed by atoms with Crippen LogP contribution < -0.4 is 10.0 Å². The molecule has 3 N–H and O–H groups in total. The van der Waals surface area contributed by atoms with Gasteiger partial charge in [-0.25, -0.2) is 8.42 Å². The van der Waals surface area contributed by atoms with E-state index in [1.165, 1.54) is 30.3 Å². The zero-order chi connectivity index (χ0) is 20.3. The molecule has 0 bridgehead atoms. The van der Waals surface area contributed by atoms with E-state index in [2.05, 4.69) is 36.2 Å². The van der Waals surface area contributed by atoms with Crippen molar-refractivity contribution in [2.45, 2.75) is 18.2 Å². The lowest BCUT2D eigenvalue weighted by molar-refractivity contribution is 0.102. The van der Waals surface area contributed by atoms with Crippen molar-refractivity contribution < 1.29 is 13.2 Å². The van der Waals surface area contributed by atoms with Crippen LogP contribution in [-0.2, 0) is 16.4 Å². The summed E-state index contributed by atoms with van der Waals surface area (Å²) in [5.74, 6) is -0.217. The molecule has 0 aliphatic carbocycles. The third-order valence-electron chi connectivity index (χ3n) is 3.89. The maximum Gasteiger partial charge on any atom is 0.261 e. The molecule has 7 nitrogen and oxygen atoms in total. The van der Waals surface area contributed by atoms with Crippen LogP contribution in [0.25, 0.3) is 0 Å². The van der Waals surface area contributed by atoms with Gasteiger partial charge in [-0.15, -0.1) is 0 Å². The molecule has 28 heavy (non-hydrogen) atoms. The summed E-state index contributed by atoms with van der Waals surface area (Å²) in [5, 5.41) is 9.82. The van der Waals surface area contributed by atoms with Gasteiger partial charge in [0.1, 0.15) is 0 Å². The van der Waals surface area contributed by atoms with Crippen molar-refractivity contribution >= 4 is 55.0 Å². The number of aryl methyl sites for hydroxylation is 1. The lowest BCUT2D eigenvalue weighted by atomic mass is 10.1. The molecule has 0 unspecified atom stereocenters. The maximum atomic E-state index is 12.8. The summed E-state index contributed by atoms with van der Waals surface area (Å²) in [6.07, 6.45) is 0.701. The summed E-state index contributed by atoms with van der Waals surface area (Å²) in [6.45, 7) is 1.94. The van der Waals surface area contributed by atoms with Crippen LogP contribution in [0.3, 0.4) is 0 Å². The molecule has 0 aliphatic rings. The minimum absolute atomic E-state index is 0.0660. The van der Waals surface area contributed by atoms with Gasteiger partial charge in [0.2, 0.25) is 0 Å². The Bertz CT molecular complexity index is 1120. The average Bonchev–Trinajstić information content (AvgIpc) is 3.02. The summed E-state index contributed by atoms with van der Waals surface area (Å²) >= 11 is 9.39. The molecule has 0 radical (unpaired) electrons. The Morgan fingerprint density at radius 2 is 1.93 bits per heavy atom. The van der Waals surface area contributed by atoms with Crippen molar-refractivity contribution in [3.05, 3.63) is 69.3 Å². The Morgan fingerprint density at radius 3 is 2.57 bits per heavy atom. The number of H-pyrrole nitrogens is 1. The third-order valence-corrected chi connectivity index (χ3v) is 6.36. The first-order valence-corrected chi connectivity index (χ1v) is 10.9. The highest BCUT2D eigenvalue weighted by atomic mass is 79.9. The minimum Gasteiger partial charge on any atom is -0.304 e. The predicted molar refractivity (Wildman–Crippen MR) is 112 cm³/mol. The molecule has 3 aromatic rings. The first kappa shape index (κ1) is 20.4. The van der Waals surface area contributed by atoms with Crippen LogP contribution >= 0.6 is 27.5 Å². The number of carbonyl (C=O) groups is 1. The SMILES string of the molecule is CCc1[nH]nc(NC(=O)c2ccc(Cl)cc2NS(=O)(=O)c2ccccc2)c1Br. The summed E-state index contributed by atoms with van der Waals surface area (Å²) in [7, 11) is -3.89. The molecule has 10 heteroatoms. The lowest BCUT2D eigenvalue weighted by Gasteiger charge is -2.13. The van der Waals surface area contributed by atoms with Crippen molar-refractivity contribution in [2.24, 2.45) is 0 Å². The molecule has 1 heterocycles. The van der Waals surface area contributed by atoms with E-state index in [9.17, 15) is 13.2 Å². The number of anilines is 2. The number of nitrogens with zero attached hydrogens (tertiary/aromatic N) is 1. The second-order valence-electron chi connectivity index (χ2n) is 5.78. The molecule has 1 amide bonds. The number of halogens is 2. The van der Waals surface area contributed by atoms with Crippen LogP contribution in [0.15, 0.2) is 57.9 Å². The van der Waals surface area contributed by atoms with Crippen LogP contribution in [0.1, 0.15) is 23.0 Å². The number of hydrogen-bond acceptors (Lipinski definition) is 4. The van der Waals surface area contributed by atoms with Gasteiger partial charge in [0.25, 0.3) is 15.9 Å². The van der Waals surface area contributed by atoms with Gasteiger partial charge < -0.3 is 5.32 Å². The van der Waals surface area contributed by atoms with E-state index < -0.39 is 15.9 Å². The minimum atomic E-state index is -3.89. The Balaban J connectivity index is 1.92. The highest BCUT2D eigenvalue weighted by Gasteiger charge is 2.21. The molecule has 146 valence electrons. The van der Waals surface area contributed by atoms with Crippen LogP contribution in [0, 0.1) is 0 Å². The number of aromatic nitrogens is 2. The summed E-state index contributed by atoms with van der Waals surface area (Å²) in [4.78, 5) is 12.8. The van der Waals surface area contributed by atoms with Crippen molar-refractivity contribution in [1.29, 1.82) is 0 Å². The van der Waals surface area contributed by atoms with Gasteiger partial charge in [-0.3, -0.25) is 14.6 Å². The molecular weight excluding hydrogens is 468 g/mol. The maximum absolute atomic E-state index is 12.8. The predicted octanol–water partition coefficient (Wildman–Crippen LogP) is 4.44. The zero-order valence-electron chi connectivity index (χ0n) is 14.7. The number of hydrogen-bond donors (Lipinski definition) is 3. The first-order chi connectivity index (χ1) is 13.3.